The number of benzene rings is 2. The highest BCUT2D eigenvalue weighted by molar-refractivity contribution is 5.94. The van der Waals surface area contributed by atoms with Gasteiger partial charge in [-0.2, -0.15) is 0 Å². The maximum absolute atomic E-state index is 12.2. The van der Waals surface area contributed by atoms with Gasteiger partial charge in [0.05, 0.1) is 16.9 Å². The minimum Gasteiger partial charge on any atom is -0.423 e. The number of anilines is 2. The minimum atomic E-state index is -0.352. The van der Waals surface area contributed by atoms with Crippen LogP contribution in [0.25, 0.3) is 0 Å². The lowest BCUT2D eigenvalue weighted by Crippen LogP contribution is -2.41. The first-order valence-corrected chi connectivity index (χ1v) is 6.70. The van der Waals surface area contributed by atoms with Crippen molar-refractivity contribution < 1.29 is 9.53 Å². The molecule has 0 fully saturated rings. The molecule has 0 spiro atoms. The van der Waals surface area contributed by atoms with Gasteiger partial charge in [-0.3, -0.25) is 10.0 Å². The van der Waals surface area contributed by atoms with Gasteiger partial charge in [0.25, 0.3) is 0 Å². The lowest BCUT2D eigenvalue weighted by atomic mass is 10.1. The molecule has 108 valence electrons. The number of ether oxygens (including phenoxy) is 1. The molecule has 0 aromatic heterocycles. The first-order valence-electron chi connectivity index (χ1n) is 6.70. The summed E-state index contributed by atoms with van der Waals surface area (Å²) < 4.78 is 5.36. The molecule has 3 rings (SSSR count). The van der Waals surface area contributed by atoms with Crippen LogP contribution in [0.2, 0.25) is 0 Å². The Kier molecular flexibility index (Phi) is 3.27. The molecule has 0 saturated carbocycles. The molecular weight excluding hydrogens is 266 g/mol. The van der Waals surface area contributed by atoms with Gasteiger partial charge >= 0.3 is 5.97 Å². The van der Waals surface area contributed by atoms with Gasteiger partial charge in [0.2, 0.25) is 0 Å². The highest BCUT2D eigenvalue weighted by Gasteiger charge is 2.27. The van der Waals surface area contributed by atoms with Crippen LogP contribution in [0.1, 0.15) is 10.4 Å². The van der Waals surface area contributed by atoms with E-state index in [9.17, 15) is 4.79 Å². The van der Waals surface area contributed by atoms with Crippen molar-refractivity contribution >= 4 is 17.3 Å². The predicted molar refractivity (Wildman–Crippen MR) is 82.4 cm³/mol. The maximum atomic E-state index is 12.2. The molecular formula is C16H17N3O2. The second-order valence-electron chi connectivity index (χ2n) is 4.94. The van der Waals surface area contributed by atoms with Crippen LogP contribution in [0, 0.1) is 0 Å². The number of hydrogen-bond donors (Lipinski definition) is 0. The molecule has 0 atom stereocenters. The molecule has 0 amide bonds. The van der Waals surface area contributed by atoms with E-state index in [1.807, 2.05) is 66.6 Å². The van der Waals surface area contributed by atoms with Gasteiger partial charge in [-0.25, -0.2) is 4.79 Å². The third-order valence-corrected chi connectivity index (χ3v) is 3.73. The van der Waals surface area contributed by atoms with Gasteiger partial charge in [0, 0.05) is 21.1 Å². The molecule has 0 saturated heterocycles. The Morgan fingerprint density at radius 2 is 1.57 bits per heavy atom. The van der Waals surface area contributed by atoms with Gasteiger partial charge in [-0.15, -0.1) is 5.12 Å². The standard InChI is InChI=1S/C16H17N3O2/c1-17-14-10-9-12(11-15(14)18(2)19(17)3)16(20)21-13-7-5-4-6-8-13/h4-11H,1-3H3. The number of rotatable bonds is 2. The molecule has 5 nitrogen and oxygen atoms in total. The summed E-state index contributed by atoms with van der Waals surface area (Å²) >= 11 is 0. The Balaban J connectivity index is 1.86. The van der Waals surface area contributed by atoms with Gasteiger partial charge < -0.3 is 4.74 Å². The van der Waals surface area contributed by atoms with Crippen molar-refractivity contribution in [3.05, 3.63) is 54.1 Å². The number of carbonyl (C=O) groups is 1. The molecule has 2 aromatic carbocycles. The zero-order valence-electron chi connectivity index (χ0n) is 12.3. The fourth-order valence-electron chi connectivity index (χ4n) is 2.35. The smallest absolute Gasteiger partial charge is 0.343 e. The number of carbonyl (C=O) groups excluding carboxylic acids is 1. The maximum Gasteiger partial charge on any atom is 0.343 e. The molecule has 0 N–H and O–H groups in total. The summed E-state index contributed by atoms with van der Waals surface area (Å²) in [5.41, 5.74) is 2.56. The molecule has 0 bridgehead atoms. The lowest BCUT2D eigenvalue weighted by Gasteiger charge is -2.26. The highest BCUT2D eigenvalue weighted by atomic mass is 16.5. The Morgan fingerprint density at radius 1 is 0.905 bits per heavy atom. The molecule has 0 radical (unpaired) electrons. The molecule has 1 aliphatic heterocycles. The van der Waals surface area contributed by atoms with E-state index in [4.69, 9.17) is 4.74 Å². The third-order valence-electron chi connectivity index (χ3n) is 3.73. The van der Waals surface area contributed by atoms with Gasteiger partial charge in [0.15, 0.2) is 0 Å². The van der Waals surface area contributed by atoms with Crippen LogP contribution < -0.4 is 14.8 Å². The van der Waals surface area contributed by atoms with Crippen LogP contribution in [0.4, 0.5) is 11.4 Å². The second kappa shape index (κ2) is 5.10. The topological polar surface area (TPSA) is 36.0 Å². The molecule has 2 aromatic rings. The summed E-state index contributed by atoms with van der Waals surface area (Å²) in [6, 6.07) is 14.6. The van der Waals surface area contributed by atoms with Crippen LogP contribution in [0.15, 0.2) is 48.5 Å². The summed E-state index contributed by atoms with van der Waals surface area (Å²) in [5, 5.41) is 5.97. The normalized spacial score (nSPS) is 14.2. The first kappa shape index (κ1) is 13.5. The molecule has 0 unspecified atom stereocenters. The van der Waals surface area contributed by atoms with Gasteiger partial charge in [-0.05, 0) is 30.3 Å². The van der Waals surface area contributed by atoms with Gasteiger partial charge in [-0.1, -0.05) is 18.2 Å². The fraction of sp³-hybridized carbons (Fsp3) is 0.188. The third kappa shape index (κ3) is 2.32. The van der Waals surface area contributed by atoms with Crippen LogP contribution in [0.3, 0.4) is 0 Å². The van der Waals surface area contributed by atoms with E-state index in [2.05, 4.69) is 0 Å². The van der Waals surface area contributed by atoms with Crippen LogP contribution in [-0.4, -0.2) is 32.2 Å². The van der Waals surface area contributed by atoms with E-state index >= 15 is 0 Å². The average Bonchev–Trinajstić information content (AvgIpc) is 2.73. The quantitative estimate of drug-likeness (QED) is 0.625. The van der Waals surface area contributed by atoms with E-state index in [1.165, 1.54) is 0 Å². The summed E-state index contributed by atoms with van der Waals surface area (Å²) in [4.78, 5) is 12.2. The van der Waals surface area contributed by atoms with Crippen LogP contribution >= 0.6 is 0 Å². The number of nitrogens with zero attached hydrogens (tertiary/aromatic N) is 3. The molecule has 0 aliphatic carbocycles. The number of esters is 1. The Bertz CT molecular complexity index is 672. The van der Waals surface area contributed by atoms with Crippen molar-refractivity contribution in [3.63, 3.8) is 0 Å². The van der Waals surface area contributed by atoms with Crippen LogP contribution in [0.5, 0.6) is 5.75 Å². The van der Waals surface area contributed by atoms with Crippen LogP contribution in [-0.2, 0) is 0 Å². The summed E-state index contributed by atoms with van der Waals surface area (Å²) in [7, 11) is 5.89. The molecule has 1 aliphatic rings. The van der Waals surface area contributed by atoms with Crippen molar-refractivity contribution in [2.45, 2.75) is 0 Å². The Labute approximate surface area is 123 Å². The van der Waals surface area contributed by atoms with E-state index in [-0.39, 0.29) is 5.97 Å². The number of hydrazine groups is 2. The first-order chi connectivity index (χ1) is 10.1. The van der Waals surface area contributed by atoms with E-state index in [0.717, 1.165) is 11.4 Å². The summed E-state index contributed by atoms with van der Waals surface area (Å²) in [6.45, 7) is 0. The predicted octanol–water partition coefficient (Wildman–Crippen LogP) is 2.55. The van der Waals surface area contributed by atoms with Gasteiger partial charge in [0.1, 0.15) is 5.75 Å². The fourth-order valence-corrected chi connectivity index (χ4v) is 2.35. The number of fused-ring (bicyclic) bond motifs is 1. The number of para-hydroxylation sites is 1. The Hall–Kier alpha value is -2.53. The SMILES string of the molecule is CN1c2ccc(C(=O)Oc3ccccc3)cc2N(C)N1C. The van der Waals surface area contributed by atoms with E-state index < -0.39 is 0 Å². The zero-order valence-corrected chi connectivity index (χ0v) is 12.3. The summed E-state index contributed by atoms with van der Waals surface area (Å²) in [6.07, 6.45) is 0. The zero-order chi connectivity index (χ0) is 15.0. The molecule has 5 heteroatoms. The highest BCUT2D eigenvalue weighted by Crippen LogP contribution is 2.36. The number of hydrogen-bond acceptors (Lipinski definition) is 5. The monoisotopic (exact) mass is 283 g/mol. The van der Waals surface area contributed by atoms with Crippen molar-refractivity contribution in [3.8, 4) is 5.75 Å². The second-order valence-corrected chi connectivity index (χ2v) is 4.94. The lowest BCUT2D eigenvalue weighted by molar-refractivity contribution is 0.0735. The average molecular weight is 283 g/mol. The minimum absolute atomic E-state index is 0.352. The van der Waals surface area contributed by atoms with E-state index in [1.54, 1.807) is 18.2 Å². The van der Waals surface area contributed by atoms with Crippen molar-refractivity contribution in [1.82, 2.24) is 5.12 Å². The largest absolute Gasteiger partial charge is 0.423 e. The molecule has 21 heavy (non-hydrogen) atoms. The summed E-state index contributed by atoms with van der Waals surface area (Å²) in [5.74, 6) is 0.195. The Morgan fingerprint density at radius 3 is 2.29 bits per heavy atom. The molecule has 1 heterocycles. The van der Waals surface area contributed by atoms with Crippen molar-refractivity contribution in [2.75, 3.05) is 31.2 Å². The van der Waals surface area contributed by atoms with E-state index in [0.29, 0.717) is 11.3 Å². The van der Waals surface area contributed by atoms with Crippen molar-refractivity contribution in [2.24, 2.45) is 0 Å². The van der Waals surface area contributed by atoms with Crippen molar-refractivity contribution in [1.29, 1.82) is 0 Å².